The number of fused-ring (bicyclic) bond motifs is 3. The maximum Gasteiger partial charge on any atom is 0.162 e. The molecule has 0 unspecified atom stereocenters. The number of ketones is 1. The number of halogens is 1. The van der Waals surface area contributed by atoms with Crippen molar-refractivity contribution in [3.8, 4) is 0 Å². The van der Waals surface area contributed by atoms with Gasteiger partial charge in [0.2, 0.25) is 0 Å². The number of hydrogen-bond donors (Lipinski definition) is 0. The number of likely N-dealkylation sites (N-methyl/N-ethyl adjacent to an activating group) is 1. The first kappa shape index (κ1) is 20.5. The van der Waals surface area contributed by atoms with Crippen LogP contribution in [-0.4, -0.2) is 56.0 Å². The third-order valence-corrected chi connectivity index (χ3v) is 8.23. The second-order valence-corrected chi connectivity index (χ2v) is 9.91. The molecule has 0 spiro atoms. The Bertz CT molecular complexity index is 1010. The van der Waals surface area contributed by atoms with Gasteiger partial charge in [-0.25, -0.2) is 4.39 Å². The summed E-state index contributed by atoms with van der Waals surface area (Å²) >= 11 is 0. The molecule has 5 heteroatoms. The molecule has 2 atom stereocenters. The van der Waals surface area contributed by atoms with Gasteiger partial charge < -0.3 is 14.7 Å². The molecule has 5 rings (SSSR count). The van der Waals surface area contributed by atoms with E-state index in [-0.39, 0.29) is 22.6 Å². The minimum Gasteiger partial charge on any atom is -0.371 e. The Morgan fingerprint density at radius 2 is 1.84 bits per heavy atom. The SMILES string of the molecule is CN1CCN2c3c1cccc3[C@]1(C)CN(CCCC(=O)c3ccc(F)cc3)CC[C@]21C. The van der Waals surface area contributed by atoms with E-state index in [1.165, 1.54) is 29.1 Å². The first-order valence-electron chi connectivity index (χ1n) is 11.5. The van der Waals surface area contributed by atoms with Gasteiger partial charge in [0.15, 0.2) is 5.78 Å². The standard InChI is InChI=1S/C26H32FN3O/c1-25-18-29(14-5-8-23(31)19-9-11-20(27)12-10-19)15-13-26(25,2)30-17-16-28(3)22-7-4-6-21(25)24(22)30/h4,6-7,9-12H,5,8,13-18H2,1-3H3/t25-,26-/m0/s1. The van der Waals surface area contributed by atoms with Crippen molar-refractivity contribution in [2.75, 3.05) is 49.6 Å². The van der Waals surface area contributed by atoms with Crippen LogP contribution in [0.4, 0.5) is 15.8 Å². The summed E-state index contributed by atoms with van der Waals surface area (Å²) in [5.41, 5.74) is 5.09. The summed E-state index contributed by atoms with van der Waals surface area (Å²) in [6, 6.07) is 12.7. The molecule has 1 saturated heterocycles. The molecule has 0 N–H and O–H groups in total. The van der Waals surface area contributed by atoms with E-state index >= 15 is 0 Å². The Balaban J connectivity index is 1.30. The van der Waals surface area contributed by atoms with E-state index in [2.05, 4.69) is 53.8 Å². The number of benzene rings is 2. The van der Waals surface area contributed by atoms with E-state index in [0.717, 1.165) is 45.6 Å². The van der Waals surface area contributed by atoms with Crippen molar-refractivity contribution in [1.29, 1.82) is 0 Å². The van der Waals surface area contributed by atoms with Gasteiger partial charge in [0.25, 0.3) is 0 Å². The smallest absolute Gasteiger partial charge is 0.162 e. The van der Waals surface area contributed by atoms with Crippen LogP contribution >= 0.6 is 0 Å². The number of rotatable bonds is 5. The third-order valence-electron chi connectivity index (χ3n) is 8.23. The van der Waals surface area contributed by atoms with Crippen LogP contribution in [0.25, 0.3) is 0 Å². The highest BCUT2D eigenvalue weighted by Gasteiger charge is 2.59. The highest BCUT2D eigenvalue weighted by molar-refractivity contribution is 5.96. The van der Waals surface area contributed by atoms with Crippen LogP contribution in [-0.2, 0) is 5.41 Å². The number of carbonyl (C=O) groups is 1. The highest BCUT2D eigenvalue weighted by Crippen LogP contribution is 2.58. The molecule has 2 aromatic rings. The Kier molecular flexibility index (Phi) is 4.85. The van der Waals surface area contributed by atoms with E-state index in [0.29, 0.717) is 12.0 Å². The van der Waals surface area contributed by atoms with Crippen LogP contribution in [0.3, 0.4) is 0 Å². The molecule has 3 aliphatic heterocycles. The van der Waals surface area contributed by atoms with E-state index in [1.54, 1.807) is 12.1 Å². The number of para-hydroxylation sites is 1. The summed E-state index contributed by atoms with van der Waals surface area (Å²) in [6.07, 6.45) is 2.48. The first-order valence-corrected chi connectivity index (χ1v) is 11.5. The van der Waals surface area contributed by atoms with Gasteiger partial charge in [0.05, 0.1) is 11.4 Å². The normalized spacial score (nSPS) is 27.2. The van der Waals surface area contributed by atoms with E-state index in [4.69, 9.17) is 0 Å². The minimum absolute atomic E-state index is 0.0722. The Labute approximate surface area is 184 Å². The zero-order valence-electron chi connectivity index (χ0n) is 18.8. The minimum atomic E-state index is -0.301. The molecule has 0 amide bonds. The van der Waals surface area contributed by atoms with Crippen LogP contribution in [0.2, 0.25) is 0 Å². The predicted molar refractivity (Wildman–Crippen MR) is 124 cm³/mol. The Morgan fingerprint density at radius 3 is 2.61 bits per heavy atom. The van der Waals surface area contributed by atoms with Crippen LogP contribution in [0.5, 0.6) is 0 Å². The fourth-order valence-corrected chi connectivity index (χ4v) is 6.13. The molecular formula is C26H32FN3O. The molecule has 0 aromatic heterocycles. The largest absolute Gasteiger partial charge is 0.371 e. The van der Waals surface area contributed by atoms with Crippen LogP contribution in [0, 0.1) is 5.82 Å². The lowest BCUT2D eigenvalue weighted by atomic mass is 9.65. The lowest BCUT2D eigenvalue weighted by Crippen LogP contribution is -2.64. The van der Waals surface area contributed by atoms with Gasteiger partial charge in [-0.2, -0.15) is 0 Å². The molecule has 3 heterocycles. The second-order valence-electron chi connectivity index (χ2n) is 9.91. The molecule has 0 aliphatic carbocycles. The number of Topliss-reactive ketones (excluding diaryl/α,β-unsaturated/α-hetero) is 1. The predicted octanol–water partition coefficient (Wildman–Crippen LogP) is 4.48. The van der Waals surface area contributed by atoms with Crippen molar-refractivity contribution < 1.29 is 9.18 Å². The maximum absolute atomic E-state index is 13.1. The molecule has 2 aromatic carbocycles. The van der Waals surface area contributed by atoms with Gasteiger partial charge >= 0.3 is 0 Å². The number of piperidine rings is 1. The summed E-state index contributed by atoms with van der Waals surface area (Å²) in [7, 11) is 2.20. The molecule has 3 aliphatic rings. The lowest BCUT2D eigenvalue weighted by molar-refractivity contribution is 0.0852. The fourth-order valence-electron chi connectivity index (χ4n) is 6.13. The summed E-state index contributed by atoms with van der Waals surface area (Å²) in [6.45, 7) is 10.1. The highest BCUT2D eigenvalue weighted by atomic mass is 19.1. The van der Waals surface area contributed by atoms with Gasteiger partial charge in [-0.15, -0.1) is 0 Å². The van der Waals surface area contributed by atoms with Crippen molar-refractivity contribution in [2.24, 2.45) is 0 Å². The molecule has 4 nitrogen and oxygen atoms in total. The van der Waals surface area contributed by atoms with E-state index in [1.807, 2.05) is 0 Å². The molecule has 0 saturated carbocycles. The summed E-state index contributed by atoms with van der Waals surface area (Å²) in [4.78, 5) is 20.1. The van der Waals surface area contributed by atoms with E-state index in [9.17, 15) is 9.18 Å². The zero-order valence-corrected chi connectivity index (χ0v) is 18.8. The zero-order chi connectivity index (χ0) is 21.8. The van der Waals surface area contributed by atoms with Crippen molar-refractivity contribution in [3.63, 3.8) is 0 Å². The number of carbonyl (C=O) groups excluding carboxylic acids is 1. The maximum atomic E-state index is 13.1. The Morgan fingerprint density at radius 1 is 1.06 bits per heavy atom. The van der Waals surface area contributed by atoms with E-state index < -0.39 is 0 Å². The van der Waals surface area contributed by atoms with Gasteiger partial charge in [-0.05, 0) is 62.2 Å². The quantitative estimate of drug-likeness (QED) is 0.665. The number of anilines is 2. The van der Waals surface area contributed by atoms with Crippen molar-refractivity contribution in [1.82, 2.24) is 4.90 Å². The molecule has 0 radical (unpaired) electrons. The Hall–Kier alpha value is -2.40. The van der Waals surface area contributed by atoms with Crippen LogP contribution in [0.1, 0.15) is 49.0 Å². The van der Waals surface area contributed by atoms with Crippen molar-refractivity contribution >= 4 is 17.2 Å². The molecule has 164 valence electrons. The molecule has 31 heavy (non-hydrogen) atoms. The first-order chi connectivity index (χ1) is 14.8. The average molecular weight is 422 g/mol. The topological polar surface area (TPSA) is 26.8 Å². The fraction of sp³-hybridized carbons (Fsp3) is 0.500. The molecular weight excluding hydrogens is 389 g/mol. The molecule has 1 fully saturated rings. The summed E-state index contributed by atoms with van der Waals surface area (Å²) in [5.74, 6) is -0.200. The van der Waals surface area contributed by atoms with Gasteiger partial charge in [-0.3, -0.25) is 4.79 Å². The summed E-state index contributed by atoms with van der Waals surface area (Å²) < 4.78 is 13.1. The van der Waals surface area contributed by atoms with Gasteiger partial charge in [-0.1, -0.05) is 19.1 Å². The van der Waals surface area contributed by atoms with Gasteiger partial charge in [0.1, 0.15) is 5.82 Å². The average Bonchev–Trinajstić information content (AvgIpc) is 2.96. The molecule has 0 bridgehead atoms. The van der Waals surface area contributed by atoms with Crippen molar-refractivity contribution in [3.05, 3.63) is 59.4 Å². The lowest BCUT2D eigenvalue weighted by Gasteiger charge is -2.54. The monoisotopic (exact) mass is 421 g/mol. The third kappa shape index (κ3) is 3.08. The number of likely N-dealkylation sites (tertiary alicyclic amines) is 1. The van der Waals surface area contributed by atoms with Crippen LogP contribution < -0.4 is 9.80 Å². The second kappa shape index (κ2) is 7.33. The van der Waals surface area contributed by atoms with Crippen molar-refractivity contribution in [2.45, 2.75) is 44.1 Å². The number of nitrogens with zero attached hydrogens (tertiary/aromatic N) is 3. The number of hydrogen-bond acceptors (Lipinski definition) is 4. The summed E-state index contributed by atoms with van der Waals surface area (Å²) in [5, 5.41) is 0. The van der Waals surface area contributed by atoms with Crippen LogP contribution in [0.15, 0.2) is 42.5 Å². The van der Waals surface area contributed by atoms with Gasteiger partial charge in [0, 0.05) is 56.2 Å².